The van der Waals surface area contributed by atoms with Gasteiger partial charge in [0.15, 0.2) is 5.13 Å². The van der Waals surface area contributed by atoms with Crippen LogP contribution in [0.1, 0.15) is 11.7 Å². The molecule has 1 aliphatic heterocycles. The minimum absolute atomic E-state index is 0.270. The Morgan fingerprint density at radius 1 is 1.77 bits per heavy atom. The fraction of sp³-hybridized carbons (Fsp3) is 0.625. The van der Waals surface area contributed by atoms with Crippen LogP contribution < -0.4 is 10.6 Å². The minimum Gasteiger partial charge on any atom is -0.378 e. The average Bonchev–Trinajstić information content (AvgIpc) is 2.67. The lowest BCUT2D eigenvalue weighted by molar-refractivity contribution is 0.0758. The number of ether oxygens (including phenoxy) is 1. The lowest BCUT2D eigenvalue weighted by Crippen LogP contribution is -2.34. The molecule has 4 nitrogen and oxygen atoms in total. The maximum absolute atomic E-state index is 5.36. The molecule has 1 saturated heterocycles. The molecule has 0 saturated carbocycles. The molecule has 0 radical (unpaired) electrons. The zero-order valence-electron chi connectivity index (χ0n) is 7.54. The van der Waals surface area contributed by atoms with Crippen LogP contribution in [0.2, 0.25) is 0 Å². The number of rotatable bonds is 2. The number of nitrogens with zero attached hydrogens (tertiary/aromatic N) is 1. The van der Waals surface area contributed by atoms with Crippen molar-refractivity contribution in [2.45, 2.75) is 6.04 Å². The smallest absolute Gasteiger partial charge is 0.182 e. The van der Waals surface area contributed by atoms with Crippen molar-refractivity contribution in [3.63, 3.8) is 0 Å². The molecule has 2 heterocycles. The van der Waals surface area contributed by atoms with Gasteiger partial charge in [0.1, 0.15) is 0 Å². The molecule has 5 heteroatoms. The van der Waals surface area contributed by atoms with Crippen molar-refractivity contribution in [2.24, 2.45) is 0 Å². The van der Waals surface area contributed by atoms with E-state index in [0.717, 1.165) is 30.6 Å². The summed E-state index contributed by atoms with van der Waals surface area (Å²) in [6.07, 6.45) is 0. The number of nitrogens with one attached hydrogen (secondary N) is 2. The fourth-order valence-corrected chi connectivity index (χ4v) is 2.04. The predicted molar refractivity (Wildman–Crippen MR) is 53.2 cm³/mol. The fourth-order valence-electron chi connectivity index (χ4n) is 1.32. The van der Waals surface area contributed by atoms with E-state index in [-0.39, 0.29) is 6.04 Å². The van der Waals surface area contributed by atoms with Crippen molar-refractivity contribution < 1.29 is 4.74 Å². The third kappa shape index (κ3) is 1.99. The van der Waals surface area contributed by atoms with Crippen molar-refractivity contribution in [2.75, 3.05) is 32.1 Å². The van der Waals surface area contributed by atoms with Crippen LogP contribution in [0, 0.1) is 0 Å². The summed E-state index contributed by atoms with van der Waals surface area (Å²) in [6, 6.07) is 0.270. The molecule has 0 aliphatic carbocycles. The van der Waals surface area contributed by atoms with Crippen molar-refractivity contribution >= 4 is 16.5 Å². The van der Waals surface area contributed by atoms with E-state index in [0.29, 0.717) is 0 Å². The highest BCUT2D eigenvalue weighted by molar-refractivity contribution is 7.13. The van der Waals surface area contributed by atoms with Gasteiger partial charge in [0.05, 0.1) is 24.9 Å². The molecule has 0 aromatic carbocycles. The number of hydrogen-bond donors (Lipinski definition) is 2. The van der Waals surface area contributed by atoms with E-state index >= 15 is 0 Å². The van der Waals surface area contributed by atoms with Crippen molar-refractivity contribution in [1.82, 2.24) is 10.3 Å². The molecule has 0 spiro atoms. The summed E-state index contributed by atoms with van der Waals surface area (Å²) in [4.78, 5) is 4.42. The lowest BCUT2D eigenvalue weighted by Gasteiger charge is -2.21. The number of morpholine rings is 1. The van der Waals surface area contributed by atoms with Gasteiger partial charge in [0, 0.05) is 19.0 Å². The van der Waals surface area contributed by atoms with Crippen LogP contribution in [0.3, 0.4) is 0 Å². The highest BCUT2D eigenvalue weighted by atomic mass is 32.1. The van der Waals surface area contributed by atoms with Crippen LogP contribution in [-0.4, -0.2) is 31.8 Å². The first-order valence-corrected chi connectivity index (χ1v) is 5.22. The van der Waals surface area contributed by atoms with Gasteiger partial charge in [-0.05, 0) is 0 Å². The first kappa shape index (κ1) is 8.93. The van der Waals surface area contributed by atoms with Crippen molar-refractivity contribution in [3.05, 3.63) is 11.1 Å². The molecule has 1 atom stereocenters. The zero-order valence-corrected chi connectivity index (χ0v) is 8.36. The van der Waals surface area contributed by atoms with Gasteiger partial charge in [-0.15, -0.1) is 11.3 Å². The lowest BCUT2D eigenvalue weighted by atomic mass is 10.2. The second-order valence-electron chi connectivity index (χ2n) is 2.91. The summed E-state index contributed by atoms with van der Waals surface area (Å²) in [7, 11) is 1.88. The molecule has 13 heavy (non-hydrogen) atoms. The Bertz CT molecular complexity index is 270. The molecule has 72 valence electrons. The van der Waals surface area contributed by atoms with E-state index < -0.39 is 0 Å². The molecule has 0 amide bonds. The molecule has 1 aromatic heterocycles. The quantitative estimate of drug-likeness (QED) is 0.741. The van der Waals surface area contributed by atoms with E-state index in [2.05, 4.69) is 21.0 Å². The second kappa shape index (κ2) is 4.04. The normalized spacial score (nSPS) is 23.0. The van der Waals surface area contributed by atoms with Gasteiger partial charge in [-0.3, -0.25) is 0 Å². The Kier molecular flexibility index (Phi) is 2.77. The van der Waals surface area contributed by atoms with E-state index in [1.807, 2.05) is 7.05 Å². The Morgan fingerprint density at radius 3 is 3.31 bits per heavy atom. The van der Waals surface area contributed by atoms with Crippen LogP contribution in [0.15, 0.2) is 5.38 Å². The molecule has 1 unspecified atom stereocenters. The van der Waals surface area contributed by atoms with E-state index in [4.69, 9.17) is 4.74 Å². The van der Waals surface area contributed by atoms with Crippen LogP contribution in [-0.2, 0) is 4.74 Å². The van der Waals surface area contributed by atoms with Gasteiger partial charge in [-0.25, -0.2) is 4.98 Å². The van der Waals surface area contributed by atoms with E-state index in [1.165, 1.54) is 0 Å². The SMILES string of the molecule is CNc1nc(C2COCCN2)cs1. The summed E-state index contributed by atoms with van der Waals surface area (Å²) >= 11 is 1.63. The van der Waals surface area contributed by atoms with E-state index in [1.54, 1.807) is 11.3 Å². The number of anilines is 1. The molecule has 0 bridgehead atoms. The number of hydrogen-bond acceptors (Lipinski definition) is 5. The molecule has 2 rings (SSSR count). The third-order valence-electron chi connectivity index (χ3n) is 2.01. The first-order chi connectivity index (χ1) is 6.40. The Hall–Kier alpha value is -0.650. The van der Waals surface area contributed by atoms with Gasteiger partial charge in [-0.1, -0.05) is 0 Å². The van der Waals surface area contributed by atoms with Crippen LogP contribution in [0.25, 0.3) is 0 Å². The summed E-state index contributed by atoms with van der Waals surface area (Å²) < 4.78 is 5.36. The molecule has 1 fully saturated rings. The van der Waals surface area contributed by atoms with E-state index in [9.17, 15) is 0 Å². The van der Waals surface area contributed by atoms with Crippen LogP contribution in [0.4, 0.5) is 5.13 Å². The molecular formula is C8H13N3OS. The van der Waals surface area contributed by atoms with Crippen LogP contribution in [0.5, 0.6) is 0 Å². The van der Waals surface area contributed by atoms with Gasteiger partial charge < -0.3 is 15.4 Å². The molecule has 2 N–H and O–H groups in total. The average molecular weight is 199 g/mol. The van der Waals surface area contributed by atoms with Gasteiger partial charge in [0.25, 0.3) is 0 Å². The topological polar surface area (TPSA) is 46.2 Å². The van der Waals surface area contributed by atoms with Gasteiger partial charge in [-0.2, -0.15) is 0 Å². The maximum atomic E-state index is 5.36. The van der Waals surface area contributed by atoms with Crippen molar-refractivity contribution in [3.8, 4) is 0 Å². The molecule has 1 aromatic rings. The zero-order chi connectivity index (χ0) is 9.10. The molecule has 1 aliphatic rings. The van der Waals surface area contributed by atoms with Gasteiger partial charge in [0.2, 0.25) is 0 Å². The maximum Gasteiger partial charge on any atom is 0.182 e. The number of thiazole rings is 1. The second-order valence-corrected chi connectivity index (χ2v) is 3.77. The molecular weight excluding hydrogens is 186 g/mol. The van der Waals surface area contributed by atoms with Crippen molar-refractivity contribution in [1.29, 1.82) is 0 Å². The standard InChI is InChI=1S/C8H13N3OS/c1-9-8-11-7(5-13-8)6-4-12-3-2-10-6/h5-6,10H,2-4H2,1H3,(H,9,11). The Labute approximate surface area is 81.3 Å². The van der Waals surface area contributed by atoms with Crippen LogP contribution >= 0.6 is 11.3 Å². The summed E-state index contributed by atoms with van der Waals surface area (Å²) in [6.45, 7) is 2.45. The summed E-state index contributed by atoms with van der Waals surface area (Å²) in [5, 5.41) is 9.42. The Balaban J connectivity index is 2.05. The largest absolute Gasteiger partial charge is 0.378 e. The highest BCUT2D eigenvalue weighted by Gasteiger charge is 2.17. The van der Waals surface area contributed by atoms with Gasteiger partial charge >= 0.3 is 0 Å². The third-order valence-corrected chi connectivity index (χ3v) is 2.89. The Morgan fingerprint density at radius 2 is 2.69 bits per heavy atom. The predicted octanol–water partition coefficient (Wildman–Crippen LogP) is 0.846. The number of aromatic nitrogens is 1. The first-order valence-electron chi connectivity index (χ1n) is 4.34. The monoisotopic (exact) mass is 199 g/mol. The summed E-state index contributed by atoms with van der Waals surface area (Å²) in [5.74, 6) is 0. The summed E-state index contributed by atoms with van der Waals surface area (Å²) in [5.41, 5.74) is 1.08. The minimum atomic E-state index is 0.270. The highest BCUT2D eigenvalue weighted by Crippen LogP contribution is 2.21.